The summed E-state index contributed by atoms with van der Waals surface area (Å²) in [6.07, 6.45) is 4.81. The number of rotatable bonds is 5. The third-order valence-electron chi connectivity index (χ3n) is 3.69. The number of urea groups is 1. The predicted molar refractivity (Wildman–Crippen MR) is 81.2 cm³/mol. The van der Waals surface area contributed by atoms with Gasteiger partial charge in [0, 0.05) is 24.8 Å². The van der Waals surface area contributed by atoms with Crippen molar-refractivity contribution >= 4 is 11.8 Å². The van der Waals surface area contributed by atoms with Crippen molar-refractivity contribution in [1.29, 1.82) is 0 Å². The van der Waals surface area contributed by atoms with Crippen molar-refractivity contribution in [3.8, 4) is 0 Å². The van der Waals surface area contributed by atoms with Gasteiger partial charge in [-0.15, -0.1) is 0 Å². The summed E-state index contributed by atoms with van der Waals surface area (Å²) < 4.78 is 1.81. The number of aliphatic hydroxyl groups excluding tert-OH is 1. The first-order valence-corrected chi connectivity index (χ1v) is 7.46. The Labute approximate surface area is 125 Å². The van der Waals surface area contributed by atoms with Crippen LogP contribution >= 0.6 is 0 Å². The Morgan fingerprint density at radius 1 is 1.43 bits per heavy atom. The Balaban J connectivity index is 1.75. The highest BCUT2D eigenvalue weighted by molar-refractivity contribution is 5.88. The van der Waals surface area contributed by atoms with Crippen LogP contribution < -0.4 is 10.6 Å². The van der Waals surface area contributed by atoms with Crippen molar-refractivity contribution in [3.05, 3.63) is 12.3 Å². The van der Waals surface area contributed by atoms with E-state index in [9.17, 15) is 9.90 Å². The number of aromatic nitrogens is 2. The van der Waals surface area contributed by atoms with Crippen molar-refractivity contribution in [3.63, 3.8) is 0 Å². The van der Waals surface area contributed by atoms with Crippen LogP contribution in [0, 0.1) is 0 Å². The predicted octanol–water partition coefficient (Wildman–Crippen LogP) is 0.870. The molecule has 0 aromatic carbocycles. The number of nitrogens with zero attached hydrogens (tertiary/aromatic N) is 3. The van der Waals surface area contributed by atoms with Gasteiger partial charge in [0.1, 0.15) is 0 Å². The first-order valence-electron chi connectivity index (χ1n) is 7.46. The maximum absolute atomic E-state index is 11.9. The molecule has 7 heteroatoms. The Hall–Kier alpha value is -1.60. The molecule has 0 unspecified atom stereocenters. The average Bonchev–Trinajstić information content (AvgIpc) is 2.86. The molecular weight excluding hydrogens is 270 g/mol. The minimum atomic E-state index is -0.228. The van der Waals surface area contributed by atoms with E-state index < -0.39 is 0 Å². The van der Waals surface area contributed by atoms with Gasteiger partial charge < -0.3 is 15.3 Å². The van der Waals surface area contributed by atoms with Gasteiger partial charge in [0.25, 0.3) is 0 Å². The number of carbonyl (C=O) groups excluding carboxylic acids is 1. The fraction of sp³-hybridized carbons (Fsp3) is 0.714. The molecule has 0 atom stereocenters. The summed E-state index contributed by atoms with van der Waals surface area (Å²) in [5, 5.41) is 19.4. The molecule has 0 spiro atoms. The molecule has 1 heterocycles. The lowest BCUT2D eigenvalue weighted by Crippen LogP contribution is -2.41. The zero-order valence-electron chi connectivity index (χ0n) is 12.7. The highest BCUT2D eigenvalue weighted by atomic mass is 16.3. The summed E-state index contributed by atoms with van der Waals surface area (Å²) in [5.74, 6) is 0.558. The monoisotopic (exact) mass is 295 g/mol. The summed E-state index contributed by atoms with van der Waals surface area (Å²) in [6.45, 7) is 1.69. The average molecular weight is 295 g/mol. The number of hydrogen-bond donors (Lipinski definition) is 3. The number of amides is 2. The van der Waals surface area contributed by atoms with E-state index in [0.717, 1.165) is 38.8 Å². The third kappa shape index (κ3) is 5.35. The molecule has 1 fully saturated rings. The van der Waals surface area contributed by atoms with Crippen LogP contribution in [0.15, 0.2) is 12.3 Å². The lowest BCUT2D eigenvalue weighted by molar-refractivity contribution is 0.118. The smallest absolute Gasteiger partial charge is 0.320 e. The minimum Gasteiger partial charge on any atom is -0.393 e. The van der Waals surface area contributed by atoms with Gasteiger partial charge in [-0.3, -0.25) is 10.00 Å². The second-order valence-electron chi connectivity index (χ2n) is 5.87. The lowest BCUT2D eigenvalue weighted by Gasteiger charge is -2.25. The van der Waals surface area contributed by atoms with Crippen LogP contribution in [0.1, 0.15) is 25.7 Å². The van der Waals surface area contributed by atoms with Crippen molar-refractivity contribution in [2.24, 2.45) is 0 Å². The highest BCUT2D eigenvalue weighted by Crippen LogP contribution is 2.18. The van der Waals surface area contributed by atoms with Gasteiger partial charge in [-0.1, -0.05) is 0 Å². The van der Waals surface area contributed by atoms with E-state index in [-0.39, 0.29) is 18.2 Å². The molecule has 1 aliphatic carbocycles. The molecule has 0 saturated heterocycles. The molecule has 118 valence electrons. The molecule has 1 aromatic heterocycles. The van der Waals surface area contributed by atoms with Gasteiger partial charge in [-0.25, -0.2) is 4.79 Å². The van der Waals surface area contributed by atoms with E-state index in [1.165, 1.54) is 0 Å². The summed E-state index contributed by atoms with van der Waals surface area (Å²) in [5.41, 5.74) is 0. The second-order valence-corrected chi connectivity index (χ2v) is 5.87. The van der Waals surface area contributed by atoms with E-state index in [0.29, 0.717) is 5.82 Å². The maximum atomic E-state index is 11.9. The van der Waals surface area contributed by atoms with Crippen molar-refractivity contribution < 1.29 is 9.90 Å². The number of aliphatic hydroxyl groups is 1. The van der Waals surface area contributed by atoms with Gasteiger partial charge in [-0.05, 0) is 39.8 Å². The van der Waals surface area contributed by atoms with Gasteiger partial charge in [0.05, 0.1) is 12.6 Å². The number of hydrogen-bond acceptors (Lipinski definition) is 4. The molecule has 0 bridgehead atoms. The first kappa shape index (κ1) is 15.8. The van der Waals surface area contributed by atoms with Crippen LogP contribution in [0.5, 0.6) is 0 Å². The fourth-order valence-electron chi connectivity index (χ4n) is 2.41. The van der Waals surface area contributed by atoms with Crippen LogP contribution in [0.3, 0.4) is 0 Å². The molecule has 7 nitrogen and oxygen atoms in total. The van der Waals surface area contributed by atoms with Crippen LogP contribution in [-0.4, -0.2) is 58.6 Å². The standard InChI is InChI=1S/C14H25N5O2/c1-18(2)9-10-19-8-7-13(17-19)16-14(21)15-11-3-5-12(20)6-4-11/h7-8,11-12,20H,3-6,9-10H2,1-2H3,(H2,15,16,17,21). The fourth-order valence-corrected chi connectivity index (χ4v) is 2.41. The normalized spacial score (nSPS) is 22.3. The first-order chi connectivity index (χ1) is 10.0. The maximum Gasteiger partial charge on any atom is 0.320 e. The summed E-state index contributed by atoms with van der Waals surface area (Å²) in [6, 6.07) is 1.71. The van der Waals surface area contributed by atoms with E-state index in [2.05, 4.69) is 20.6 Å². The van der Waals surface area contributed by atoms with Crippen molar-refractivity contribution in [1.82, 2.24) is 20.0 Å². The number of nitrogens with one attached hydrogen (secondary N) is 2. The lowest BCUT2D eigenvalue weighted by atomic mass is 9.93. The SMILES string of the molecule is CN(C)CCn1ccc(NC(=O)NC2CCC(O)CC2)n1. The van der Waals surface area contributed by atoms with Gasteiger partial charge in [0.2, 0.25) is 0 Å². The summed E-state index contributed by atoms with van der Waals surface area (Å²) >= 11 is 0. The second kappa shape index (κ2) is 7.42. The van der Waals surface area contributed by atoms with E-state index in [4.69, 9.17) is 0 Å². The van der Waals surface area contributed by atoms with Crippen molar-refractivity contribution in [2.45, 2.75) is 44.4 Å². The van der Waals surface area contributed by atoms with E-state index >= 15 is 0 Å². The van der Waals surface area contributed by atoms with Crippen LogP contribution in [-0.2, 0) is 6.54 Å². The quantitative estimate of drug-likeness (QED) is 0.753. The Bertz CT molecular complexity index is 452. The zero-order valence-corrected chi connectivity index (χ0v) is 12.7. The number of carbonyl (C=O) groups is 1. The molecule has 3 N–H and O–H groups in total. The molecule has 0 radical (unpaired) electrons. The highest BCUT2D eigenvalue weighted by Gasteiger charge is 2.20. The third-order valence-corrected chi connectivity index (χ3v) is 3.69. The van der Waals surface area contributed by atoms with Gasteiger partial charge >= 0.3 is 6.03 Å². The topological polar surface area (TPSA) is 82.4 Å². The number of anilines is 1. The van der Waals surface area contributed by atoms with E-state index in [1.54, 1.807) is 6.07 Å². The zero-order chi connectivity index (χ0) is 15.2. The Morgan fingerprint density at radius 2 is 2.14 bits per heavy atom. The molecule has 2 rings (SSSR count). The van der Waals surface area contributed by atoms with E-state index in [1.807, 2.05) is 25.0 Å². The molecule has 1 aliphatic rings. The molecular formula is C14H25N5O2. The summed E-state index contributed by atoms with van der Waals surface area (Å²) in [4.78, 5) is 14.0. The Morgan fingerprint density at radius 3 is 2.81 bits per heavy atom. The van der Waals surface area contributed by atoms with Gasteiger partial charge in [-0.2, -0.15) is 5.10 Å². The summed E-state index contributed by atoms with van der Waals surface area (Å²) in [7, 11) is 4.02. The van der Waals surface area contributed by atoms with Gasteiger partial charge in [0.15, 0.2) is 5.82 Å². The number of likely N-dealkylation sites (N-methyl/N-ethyl adjacent to an activating group) is 1. The molecule has 1 saturated carbocycles. The van der Waals surface area contributed by atoms with Crippen LogP contribution in [0.25, 0.3) is 0 Å². The molecule has 2 amide bonds. The van der Waals surface area contributed by atoms with Crippen molar-refractivity contribution in [2.75, 3.05) is 26.0 Å². The molecule has 21 heavy (non-hydrogen) atoms. The molecule has 0 aliphatic heterocycles. The van der Waals surface area contributed by atoms with Crippen LogP contribution in [0.4, 0.5) is 10.6 Å². The minimum absolute atomic E-state index is 0.143. The largest absolute Gasteiger partial charge is 0.393 e. The van der Waals surface area contributed by atoms with Crippen LogP contribution in [0.2, 0.25) is 0 Å². The molecule has 1 aromatic rings. The Kier molecular flexibility index (Phi) is 5.58.